The molecule has 2 aliphatic rings. The summed E-state index contributed by atoms with van der Waals surface area (Å²) in [4.78, 5) is 7.19. The lowest BCUT2D eigenvalue weighted by atomic mass is 10.0. The van der Waals surface area contributed by atoms with Gasteiger partial charge in [0.1, 0.15) is 5.82 Å². The van der Waals surface area contributed by atoms with Crippen LogP contribution in [0.1, 0.15) is 56.6 Å². The molecule has 0 spiro atoms. The van der Waals surface area contributed by atoms with Crippen LogP contribution in [0, 0.1) is 17.1 Å². The smallest absolute Gasteiger partial charge is 0.191 e. The zero-order valence-electron chi connectivity index (χ0n) is 16.6. The van der Waals surface area contributed by atoms with E-state index < -0.39 is 0 Å². The van der Waals surface area contributed by atoms with Gasteiger partial charge in [-0.3, -0.25) is 0 Å². The molecule has 1 aliphatic carbocycles. The third-order valence-electron chi connectivity index (χ3n) is 5.64. The molecule has 7 heteroatoms. The van der Waals surface area contributed by atoms with Crippen LogP contribution < -0.4 is 10.6 Å². The van der Waals surface area contributed by atoms with Crippen molar-refractivity contribution in [3.63, 3.8) is 0 Å². The number of hydrogen-bond donors (Lipinski definition) is 2. The molecule has 2 N–H and O–H groups in total. The minimum absolute atomic E-state index is 0. The van der Waals surface area contributed by atoms with E-state index in [1.807, 2.05) is 13.0 Å². The van der Waals surface area contributed by atoms with Gasteiger partial charge in [0.05, 0.1) is 18.2 Å². The molecular weight excluding hydrogens is 468 g/mol. The molecule has 0 unspecified atom stereocenters. The van der Waals surface area contributed by atoms with E-state index in [1.165, 1.54) is 37.8 Å². The van der Waals surface area contributed by atoms with Gasteiger partial charge >= 0.3 is 0 Å². The Morgan fingerprint density at radius 3 is 2.61 bits per heavy atom. The summed E-state index contributed by atoms with van der Waals surface area (Å²) >= 11 is 0. The first-order valence-corrected chi connectivity index (χ1v) is 10.2. The number of benzene rings is 1. The van der Waals surface area contributed by atoms with Crippen LogP contribution in [0.15, 0.2) is 23.2 Å². The lowest BCUT2D eigenvalue weighted by molar-refractivity contribution is 0.150. The van der Waals surface area contributed by atoms with Crippen LogP contribution in [-0.2, 0) is 6.54 Å². The largest absolute Gasteiger partial charge is 0.357 e. The molecule has 1 aromatic carbocycles. The number of nitrogens with zero attached hydrogens (tertiary/aromatic N) is 3. The number of nitrogens with one attached hydrogen (secondary N) is 2. The molecule has 1 aliphatic heterocycles. The fourth-order valence-electron chi connectivity index (χ4n) is 4.12. The lowest BCUT2D eigenvalue weighted by Gasteiger charge is -2.36. The fraction of sp³-hybridized carbons (Fsp3) is 0.619. The van der Waals surface area contributed by atoms with Gasteiger partial charge in [-0.2, -0.15) is 5.26 Å². The minimum Gasteiger partial charge on any atom is -0.357 e. The van der Waals surface area contributed by atoms with Gasteiger partial charge < -0.3 is 15.5 Å². The van der Waals surface area contributed by atoms with Crippen LogP contribution >= 0.6 is 24.0 Å². The zero-order chi connectivity index (χ0) is 19.1. The number of nitriles is 1. The van der Waals surface area contributed by atoms with Gasteiger partial charge in [-0.25, -0.2) is 9.38 Å². The number of aliphatic imine (C=N–C) groups is 1. The quantitative estimate of drug-likeness (QED) is 0.368. The normalized spacial score (nSPS) is 19.1. The maximum absolute atomic E-state index is 14.0. The van der Waals surface area contributed by atoms with Crippen molar-refractivity contribution in [1.29, 1.82) is 5.26 Å². The highest BCUT2D eigenvalue weighted by Crippen LogP contribution is 2.26. The molecular formula is C21H31FIN5. The Kier molecular flexibility index (Phi) is 9.45. The first-order valence-electron chi connectivity index (χ1n) is 10.2. The number of rotatable bonds is 5. The SMILES string of the molecule is CCNC(=NCc1cc(C#N)ccc1F)NC1CCN(C2CCCC2)CC1.I. The van der Waals surface area contributed by atoms with E-state index >= 15 is 0 Å². The summed E-state index contributed by atoms with van der Waals surface area (Å²) in [5.74, 6) is 0.400. The Labute approximate surface area is 184 Å². The van der Waals surface area contributed by atoms with E-state index in [0.717, 1.165) is 44.5 Å². The van der Waals surface area contributed by atoms with E-state index in [-0.39, 0.29) is 36.3 Å². The van der Waals surface area contributed by atoms with Gasteiger partial charge in [-0.15, -0.1) is 24.0 Å². The van der Waals surface area contributed by atoms with Gasteiger partial charge in [0.25, 0.3) is 0 Å². The summed E-state index contributed by atoms with van der Waals surface area (Å²) in [6, 6.07) is 7.64. The topological polar surface area (TPSA) is 63.5 Å². The van der Waals surface area contributed by atoms with Crippen molar-refractivity contribution in [3.8, 4) is 6.07 Å². The molecule has 2 fully saturated rings. The van der Waals surface area contributed by atoms with Gasteiger partial charge in [0.15, 0.2) is 5.96 Å². The van der Waals surface area contributed by atoms with Crippen LogP contribution in [0.25, 0.3) is 0 Å². The monoisotopic (exact) mass is 499 g/mol. The van der Waals surface area contributed by atoms with Crippen LogP contribution in [0.2, 0.25) is 0 Å². The summed E-state index contributed by atoms with van der Waals surface area (Å²) in [6.45, 7) is 5.28. The summed E-state index contributed by atoms with van der Waals surface area (Å²) in [7, 11) is 0. The van der Waals surface area contributed by atoms with Crippen molar-refractivity contribution in [1.82, 2.24) is 15.5 Å². The summed E-state index contributed by atoms with van der Waals surface area (Å²) in [6.07, 6.45) is 7.69. The summed E-state index contributed by atoms with van der Waals surface area (Å²) < 4.78 is 14.0. The molecule has 0 aromatic heterocycles. The number of hydrogen-bond acceptors (Lipinski definition) is 3. The molecule has 5 nitrogen and oxygen atoms in total. The average Bonchev–Trinajstić information content (AvgIpc) is 3.23. The van der Waals surface area contributed by atoms with Crippen LogP contribution in [0.5, 0.6) is 0 Å². The minimum atomic E-state index is -0.321. The maximum atomic E-state index is 14.0. The predicted octanol–water partition coefficient (Wildman–Crippen LogP) is 3.78. The molecule has 28 heavy (non-hydrogen) atoms. The first kappa shape index (κ1) is 22.9. The molecule has 154 valence electrons. The van der Waals surface area contributed by atoms with Crippen molar-refractivity contribution >= 4 is 29.9 Å². The van der Waals surface area contributed by atoms with E-state index in [1.54, 1.807) is 6.07 Å². The molecule has 0 atom stereocenters. The predicted molar refractivity (Wildman–Crippen MR) is 121 cm³/mol. The third-order valence-corrected chi connectivity index (χ3v) is 5.64. The highest BCUT2D eigenvalue weighted by molar-refractivity contribution is 14.0. The second-order valence-electron chi connectivity index (χ2n) is 7.51. The molecule has 0 amide bonds. The number of piperidine rings is 1. The molecule has 0 bridgehead atoms. The molecule has 1 saturated carbocycles. The van der Waals surface area contributed by atoms with E-state index in [2.05, 4.69) is 20.5 Å². The van der Waals surface area contributed by atoms with Gasteiger partial charge in [-0.1, -0.05) is 12.8 Å². The Morgan fingerprint density at radius 1 is 1.25 bits per heavy atom. The summed E-state index contributed by atoms with van der Waals surface area (Å²) in [5.41, 5.74) is 0.904. The van der Waals surface area contributed by atoms with Gasteiger partial charge in [0.2, 0.25) is 0 Å². The Morgan fingerprint density at radius 2 is 1.96 bits per heavy atom. The second-order valence-corrected chi connectivity index (χ2v) is 7.51. The van der Waals surface area contributed by atoms with Crippen molar-refractivity contribution in [2.45, 2.75) is 64.1 Å². The summed E-state index contributed by atoms with van der Waals surface area (Å²) in [5, 5.41) is 15.8. The second kappa shape index (κ2) is 11.6. The number of halogens is 2. The van der Waals surface area contributed by atoms with E-state index in [9.17, 15) is 4.39 Å². The lowest BCUT2D eigenvalue weighted by Crippen LogP contribution is -2.50. The van der Waals surface area contributed by atoms with Crippen molar-refractivity contribution in [2.24, 2.45) is 4.99 Å². The first-order chi connectivity index (χ1) is 13.2. The van der Waals surface area contributed by atoms with Crippen LogP contribution in [0.4, 0.5) is 4.39 Å². The average molecular weight is 499 g/mol. The van der Waals surface area contributed by atoms with E-state index in [0.29, 0.717) is 17.2 Å². The van der Waals surface area contributed by atoms with Gasteiger partial charge in [0, 0.05) is 37.3 Å². The Bertz CT molecular complexity index is 689. The zero-order valence-corrected chi connectivity index (χ0v) is 18.9. The highest BCUT2D eigenvalue weighted by Gasteiger charge is 2.27. The van der Waals surface area contributed by atoms with Crippen molar-refractivity contribution in [2.75, 3.05) is 19.6 Å². The Balaban J connectivity index is 0.00000280. The fourth-order valence-corrected chi connectivity index (χ4v) is 4.12. The van der Waals surface area contributed by atoms with Gasteiger partial charge in [-0.05, 0) is 50.8 Å². The standard InChI is InChI=1S/C21H30FN5.HI/c1-2-24-21(25-15-17-13-16(14-23)7-8-20(17)22)26-18-9-11-27(12-10-18)19-5-3-4-6-19;/h7-8,13,18-19H,2-6,9-12,15H2,1H3,(H2,24,25,26);1H. The maximum Gasteiger partial charge on any atom is 0.191 e. The molecule has 3 rings (SSSR count). The molecule has 0 radical (unpaired) electrons. The molecule has 1 heterocycles. The van der Waals surface area contributed by atoms with E-state index in [4.69, 9.17) is 5.26 Å². The number of guanidine groups is 1. The third kappa shape index (κ3) is 6.31. The molecule has 1 saturated heterocycles. The van der Waals surface area contributed by atoms with Crippen LogP contribution in [-0.4, -0.2) is 42.6 Å². The Hall–Kier alpha value is -1.40. The van der Waals surface area contributed by atoms with Crippen molar-refractivity contribution in [3.05, 3.63) is 35.1 Å². The van der Waals surface area contributed by atoms with Crippen molar-refractivity contribution < 1.29 is 4.39 Å². The number of likely N-dealkylation sites (tertiary alicyclic amines) is 1. The highest BCUT2D eigenvalue weighted by atomic mass is 127. The van der Waals surface area contributed by atoms with Crippen LogP contribution in [0.3, 0.4) is 0 Å². The molecule has 1 aromatic rings.